The smallest absolute Gasteiger partial charge is 0.243 e. The van der Waals surface area contributed by atoms with Gasteiger partial charge in [0.15, 0.2) is 0 Å². The summed E-state index contributed by atoms with van der Waals surface area (Å²) in [5.41, 5.74) is 3.74. The molecule has 0 atom stereocenters. The van der Waals surface area contributed by atoms with Gasteiger partial charge in [-0.2, -0.15) is 0 Å². The van der Waals surface area contributed by atoms with Gasteiger partial charge in [-0.05, 0) is 37.6 Å². The van der Waals surface area contributed by atoms with Crippen LogP contribution in [-0.4, -0.2) is 12.5 Å². The highest BCUT2D eigenvalue weighted by Crippen LogP contribution is 2.29. The topological polar surface area (TPSA) is 41.1 Å². The van der Waals surface area contributed by atoms with E-state index >= 15 is 0 Å². The summed E-state index contributed by atoms with van der Waals surface area (Å²) in [7, 11) is 0. The van der Waals surface area contributed by atoms with Gasteiger partial charge in [-0.15, -0.1) is 0 Å². The number of benzene rings is 2. The molecule has 2 aromatic carbocycles. The minimum absolute atomic E-state index is 0.159. The molecule has 0 spiro atoms. The summed E-state index contributed by atoms with van der Waals surface area (Å²) in [5.74, 6) is -0.181. The van der Waals surface area contributed by atoms with Gasteiger partial charge in [-0.25, -0.2) is 0 Å². The predicted molar refractivity (Wildman–Crippen MR) is 89.5 cm³/mol. The maximum atomic E-state index is 12.0. The predicted octanol–water partition coefficient (Wildman–Crippen LogP) is 4.66. The van der Waals surface area contributed by atoms with Crippen LogP contribution in [0.3, 0.4) is 0 Å². The van der Waals surface area contributed by atoms with Gasteiger partial charge in [0.25, 0.3) is 0 Å². The minimum Gasteiger partial charge on any atom is -0.376 e. The number of aryl methyl sites for hydroxylation is 2. The molecule has 110 valence electrons. The third-order valence-corrected chi connectivity index (χ3v) is 3.87. The van der Waals surface area contributed by atoms with Gasteiger partial charge in [0.1, 0.15) is 0 Å². The number of rotatable bonds is 4. The second-order valence-electron chi connectivity index (χ2n) is 4.82. The molecule has 0 saturated carbocycles. The van der Waals surface area contributed by atoms with Crippen molar-refractivity contribution in [2.75, 3.05) is 17.2 Å². The van der Waals surface area contributed by atoms with Crippen LogP contribution in [0, 0.1) is 13.8 Å². The Bertz CT molecular complexity index is 671. The number of hydrogen-bond donors (Lipinski definition) is 2. The standard InChI is InChI=1S/C16H16Cl2N2O/c1-10-6-7-13(11(2)8-10)19-9-15(21)20-14-5-3-4-12(17)16(14)18/h3-8,19H,9H2,1-2H3,(H,20,21). The molecule has 0 unspecified atom stereocenters. The molecule has 5 heteroatoms. The zero-order valence-corrected chi connectivity index (χ0v) is 13.3. The lowest BCUT2D eigenvalue weighted by Gasteiger charge is -2.11. The van der Waals surface area contributed by atoms with E-state index in [2.05, 4.69) is 16.7 Å². The molecular weight excluding hydrogens is 307 g/mol. The van der Waals surface area contributed by atoms with Crippen molar-refractivity contribution < 1.29 is 4.79 Å². The van der Waals surface area contributed by atoms with Crippen molar-refractivity contribution in [2.45, 2.75) is 13.8 Å². The Morgan fingerprint density at radius 2 is 1.86 bits per heavy atom. The largest absolute Gasteiger partial charge is 0.376 e. The first-order valence-electron chi connectivity index (χ1n) is 6.52. The van der Waals surface area contributed by atoms with Crippen molar-refractivity contribution in [3.8, 4) is 0 Å². The van der Waals surface area contributed by atoms with Gasteiger partial charge in [0.05, 0.1) is 22.3 Å². The molecular formula is C16H16Cl2N2O. The molecule has 2 N–H and O–H groups in total. The van der Waals surface area contributed by atoms with Gasteiger partial charge in [-0.1, -0.05) is 47.0 Å². The Balaban J connectivity index is 1.97. The first-order valence-corrected chi connectivity index (χ1v) is 7.28. The summed E-state index contributed by atoms with van der Waals surface area (Å²) < 4.78 is 0. The number of nitrogens with one attached hydrogen (secondary N) is 2. The molecule has 21 heavy (non-hydrogen) atoms. The van der Waals surface area contributed by atoms with E-state index in [1.54, 1.807) is 18.2 Å². The number of amides is 1. The monoisotopic (exact) mass is 322 g/mol. The van der Waals surface area contributed by atoms with E-state index < -0.39 is 0 Å². The average molecular weight is 323 g/mol. The van der Waals surface area contributed by atoms with E-state index in [1.165, 1.54) is 5.56 Å². The Labute approximate surface area is 134 Å². The molecule has 0 aliphatic heterocycles. The van der Waals surface area contributed by atoms with Crippen LogP contribution in [0.5, 0.6) is 0 Å². The minimum atomic E-state index is -0.181. The zero-order valence-electron chi connectivity index (χ0n) is 11.8. The van der Waals surface area contributed by atoms with Crippen LogP contribution in [0.1, 0.15) is 11.1 Å². The highest BCUT2D eigenvalue weighted by atomic mass is 35.5. The van der Waals surface area contributed by atoms with Gasteiger partial charge in [0.2, 0.25) is 5.91 Å². The molecule has 0 bridgehead atoms. The normalized spacial score (nSPS) is 10.3. The van der Waals surface area contributed by atoms with Crippen molar-refractivity contribution in [3.05, 3.63) is 57.6 Å². The summed E-state index contributed by atoms with van der Waals surface area (Å²) in [4.78, 5) is 12.0. The van der Waals surface area contributed by atoms with E-state index in [0.717, 1.165) is 11.3 Å². The van der Waals surface area contributed by atoms with Crippen LogP contribution in [0.15, 0.2) is 36.4 Å². The Morgan fingerprint density at radius 1 is 1.10 bits per heavy atom. The summed E-state index contributed by atoms with van der Waals surface area (Å²) in [6.07, 6.45) is 0. The van der Waals surface area contributed by atoms with Gasteiger partial charge in [0, 0.05) is 5.69 Å². The first kappa shape index (κ1) is 15.7. The summed E-state index contributed by atoms with van der Waals surface area (Å²) in [5, 5.41) is 6.60. The number of anilines is 2. The van der Waals surface area contributed by atoms with Crippen LogP contribution in [0.25, 0.3) is 0 Å². The van der Waals surface area contributed by atoms with Gasteiger partial charge >= 0.3 is 0 Å². The highest BCUT2D eigenvalue weighted by Gasteiger charge is 2.08. The fourth-order valence-electron chi connectivity index (χ4n) is 1.98. The third-order valence-electron chi connectivity index (χ3n) is 3.05. The van der Waals surface area contributed by atoms with E-state index in [-0.39, 0.29) is 12.5 Å². The van der Waals surface area contributed by atoms with Gasteiger partial charge < -0.3 is 10.6 Å². The SMILES string of the molecule is Cc1ccc(NCC(=O)Nc2cccc(Cl)c2Cl)c(C)c1. The summed E-state index contributed by atoms with van der Waals surface area (Å²) in [6.45, 7) is 4.19. The van der Waals surface area contributed by atoms with Crippen molar-refractivity contribution in [3.63, 3.8) is 0 Å². The lowest BCUT2D eigenvalue weighted by Crippen LogP contribution is -2.22. The quantitative estimate of drug-likeness (QED) is 0.859. The van der Waals surface area contributed by atoms with E-state index in [0.29, 0.717) is 15.7 Å². The molecule has 2 rings (SSSR count). The van der Waals surface area contributed by atoms with E-state index in [4.69, 9.17) is 23.2 Å². The Hall–Kier alpha value is -1.71. The zero-order chi connectivity index (χ0) is 15.4. The number of hydrogen-bond acceptors (Lipinski definition) is 2. The maximum absolute atomic E-state index is 12.0. The molecule has 0 heterocycles. The molecule has 0 radical (unpaired) electrons. The number of carbonyl (C=O) groups excluding carboxylic acids is 1. The Morgan fingerprint density at radius 3 is 2.57 bits per heavy atom. The molecule has 0 saturated heterocycles. The number of halogens is 2. The van der Waals surface area contributed by atoms with Crippen molar-refractivity contribution in [1.82, 2.24) is 0 Å². The van der Waals surface area contributed by atoms with Crippen LogP contribution in [0.4, 0.5) is 11.4 Å². The highest BCUT2D eigenvalue weighted by molar-refractivity contribution is 6.44. The fourth-order valence-corrected chi connectivity index (χ4v) is 2.33. The first-order chi connectivity index (χ1) is 9.97. The van der Waals surface area contributed by atoms with Crippen molar-refractivity contribution in [2.24, 2.45) is 0 Å². The molecule has 3 nitrogen and oxygen atoms in total. The lowest BCUT2D eigenvalue weighted by molar-refractivity contribution is -0.114. The van der Waals surface area contributed by atoms with Crippen LogP contribution in [-0.2, 0) is 4.79 Å². The van der Waals surface area contributed by atoms with Crippen LogP contribution >= 0.6 is 23.2 Å². The third kappa shape index (κ3) is 4.13. The molecule has 2 aromatic rings. The fraction of sp³-hybridized carbons (Fsp3) is 0.188. The second-order valence-corrected chi connectivity index (χ2v) is 5.61. The molecule has 1 amide bonds. The van der Waals surface area contributed by atoms with Gasteiger partial charge in [-0.3, -0.25) is 4.79 Å². The summed E-state index contributed by atoms with van der Waals surface area (Å²) in [6, 6.07) is 11.2. The van der Waals surface area contributed by atoms with Crippen LogP contribution < -0.4 is 10.6 Å². The molecule has 0 aliphatic carbocycles. The molecule has 0 fully saturated rings. The van der Waals surface area contributed by atoms with E-state index in [9.17, 15) is 4.79 Å². The Kier molecular flexibility index (Phi) is 5.10. The summed E-state index contributed by atoms with van der Waals surface area (Å²) >= 11 is 11.9. The van der Waals surface area contributed by atoms with Crippen molar-refractivity contribution in [1.29, 1.82) is 0 Å². The lowest BCUT2D eigenvalue weighted by atomic mass is 10.1. The van der Waals surface area contributed by atoms with Crippen molar-refractivity contribution >= 4 is 40.5 Å². The van der Waals surface area contributed by atoms with E-state index in [1.807, 2.05) is 26.0 Å². The molecule has 0 aliphatic rings. The van der Waals surface area contributed by atoms with Crippen LogP contribution in [0.2, 0.25) is 10.0 Å². The maximum Gasteiger partial charge on any atom is 0.243 e. The number of carbonyl (C=O) groups is 1. The second kappa shape index (κ2) is 6.83. The average Bonchev–Trinajstić information content (AvgIpc) is 2.43. The molecule has 0 aromatic heterocycles.